The quantitative estimate of drug-likeness (QED) is 0.853. The third-order valence-electron chi connectivity index (χ3n) is 4.54. The van der Waals surface area contributed by atoms with Gasteiger partial charge in [0, 0.05) is 64.9 Å². The number of hydrogen-bond donors (Lipinski definition) is 1. The lowest BCUT2D eigenvalue weighted by Gasteiger charge is -2.31. The van der Waals surface area contributed by atoms with Gasteiger partial charge in [0.15, 0.2) is 0 Å². The van der Waals surface area contributed by atoms with E-state index < -0.39 is 0 Å². The number of aryl methyl sites for hydroxylation is 1. The Morgan fingerprint density at radius 2 is 2.28 bits per heavy atom. The maximum Gasteiger partial charge on any atom is 0.243 e. The lowest BCUT2D eigenvalue weighted by molar-refractivity contribution is -0.129. The number of nitrogens with zero attached hydrogens (tertiary/aromatic N) is 5. The van der Waals surface area contributed by atoms with Crippen molar-refractivity contribution in [2.24, 2.45) is 13.0 Å². The molecule has 0 spiro atoms. The Bertz CT molecular complexity index is 708. The maximum absolute atomic E-state index is 11.8. The van der Waals surface area contributed by atoms with Crippen molar-refractivity contribution < 1.29 is 9.53 Å². The van der Waals surface area contributed by atoms with Gasteiger partial charge in [0.2, 0.25) is 5.91 Å². The van der Waals surface area contributed by atoms with Crippen LogP contribution in [0.1, 0.15) is 24.8 Å². The number of aromatic nitrogens is 4. The van der Waals surface area contributed by atoms with E-state index in [-0.39, 0.29) is 18.6 Å². The first-order valence-corrected chi connectivity index (χ1v) is 8.61. The number of nitrogens with one attached hydrogen (secondary N) is 1. The number of ether oxygens (including phenoxy) is 1. The van der Waals surface area contributed by atoms with Crippen molar-refractivity contribution in [2.75, 3.05) is 32.6 Å². The monoisotopic (exact) mass is 346 g/mol. The second-order valence-corrected chi connectivity index (χ2v) is 6.66. The van der Waals surface area contributed by atoms with Gasteiger partial charge in [-0.3, -0.25) is 9.48 Å². The van der Waals surface area contributed by atoms with Crippen molar-refractivity contribution in [3.63, 3.8) is 0 Å². The van der Waals surface area contributed by atoms with E-state index in [0.29, 0.717) is 5.92 Å². The van der Waals surface area contributed by atoms with E-state index in [1.807, 2.05) is 30.1 Å². The van der Waals surface area contributed by atoms with Crippen LogP contribution in [0.3, 0.4) is 0 Å². The molecule has 2 aromatic heterocycles. The van der Waals surface area contributed by atoms with Crippen LogP contribution in [0.25, 0.3) is 0 Å². The molecule has 136 valence electrons. The van der Waals surface area contributed by atoms with Crippen molar-refractivity contribution >= 4 is 11.7 Å². The van der Waals surface area contributed by atoms with Crippen LogP contribution in [0, 0.1) is 5.92 Å². The first kappa shape index (κ1) is 17.5. The maximum atomic E-state index is 11.8. The average molecular weight is 346 g/mol. The number of carbonyl (C=O) groups is 1. The molecule has 0 aromatic carbocycles. The summed E-state index contributed by atoms with van der Waals surface area (Å²) in [6, 6.07) is 1.89. The molecule has 2 atom stereocenters. The van der Waals surface area contributed by atoms with Crippen LogP contribution < -0.4 is 5.32 Å². The number of carbonyl (C=O) groups excluding carboxylic acids is 1. The minimum Gasteiger partial charge on any atom is -0.370 e. The van der Waals surface area contributed by atoms with Crippen LogP contribution in [-0.4, -0.2) is 57.4 Å². The normalized spacial score (nSPS) is 20.4. The molecule has 3 rings (SSSR count). The minimum atomic E-state index is -0.00125. The number of imidazole rings is 1. The molecule has 1 saturated heterocycles. The van der Waals surface area contributed by atoms with Crippen LogP contribution in [0.2, 0.25) is 0 Å². The van der Waals surface area contributed by atoms with Gasteiger partial charge in [0.05, 0.1) is 0 Å². The molecule has 2 aromatic rings. The van der Waals surface area contributed by atoms with E-state index in [2.05, 4.69) is 15.4 Å². The molecule has 1 fully saturated rings. The molecule has 1 amide bonds. The highest BCUT2D eigenvalue weighted by Crippen LogP contribution is 2.32. The van der Waals surface area contributed by atoms with E-state index in [1.54, 1.807) is 29.9 Å². The van der Waals surface area contributed by atoms with Crippen LogP contribution in [0.4, 0.5) is 5.82 Å². The smallest absolute Gasteiger partial charge is 0.243 e. The van der Waals surface area contributed by atoms with Crippen molar-refractivity contribution in [1.29, 1.82) is 0 Å². The van der Waals surface area contributed by atoms with E-state index in [1.165, 1.54) is 0 Å². The summed E-state index contributed by atoms with van der Waals surface area (Å²) in [6.07, 6.45) is 7.71. The second kappa shape index (κ2) is 7.69. The lowest BCUT2D eigenvalue weighted by Crippen LogP contribution is -2.30. The molecule has 0 radical (unpaired) electrons. The zero-order valence-corrected chi connectivity index (χ0v) is 15.1. The van der Waals surface area contributed by atoms with Crippen molar-refractivity contribution in [3.05, 3.63) is 30.5 Å². The highest BCUT2D eigenvalue weighted by molar-refractivity contribution is 5.75. The Labute approximate surface area is 147 Å². The fourth-order valence-electron chi connectivity index (χ4n) is 3.05. The topological polar surface area (TPSA) is 77.2 Å². The molecule has 8 nitrogen and oxygen atoms in total. The zero-order valence-electron chi connectivity index (χ0n) is 15.1. The van der Waals surface area contributed by atoms with E-state index in [0.717, 1.165) is 37.6 Å². The summed E-state index contributed by atoms with van der Waals surface area (Å²) in [5.41, 5.74) is 0. The summed E-state index contributed by atoms with van der Waals surface area (Å²) in [4.78, 5) is 17.8. The molecule has 1 aliphatic rings. The lowest BCUT2D eigenvalue weighted by atomic mass is 9.93. The number of amides is 1. The van der Waals surface area contributed by atoms with Crippen LogP contribution in [0.5, 0.6) is 0 Å². The molecule has 1 aliphatic heterocycles. The summed E-state index contributed by atoms with van der Waals surface area (Å²) in [7, 11) is 5.48. The Kier molecular flexibility index (Phi) is 5.37. The fourth-order valence-corrected chi connectivity index (χ4v) is 3.05. The molecule has 8 heteroatoms. The molecule has 0 unspecified atom stereocenters. The first-order chi connectivity index (χ1) is 12.0. The molecule has 1 N–H and O–H groups in total. The van der Waals surface area contributed by atoms with Crippen molar-refractivity contribution in [2.45, 2.75) is 25.5 Å². The van der Waals surface area contributed by atoms with Gasteiger partial charge in [-0.05, 0) is 12.8 Å². The fraction of sp³-hybridized carbons (Fsp3) is 0.588. The molecule has 25 heavy (non-hydrogen) atoms. The largest absolute Gasteiger partial charge is 0.370 e. The third-order valence-corrected chi connectivity index (χ3v) is 4.54. The summed E-state index contributed by atoms with van der Waals surface area (Å²) >= 11 is 0. The SMILES string of the molecule is CN(C)C(=O)Cn1ccc(NC[C@@H]2CCCO[C@H]2c2nccn2C)n1. The Hall–Kier alpha value is -2.35. The number of rotatable bonds is 6. The summed E-state index contributed by atoms with van der Waals surface area (Å²) in [5, 5.41) is 7.79. The summed E-state index contributed by atoms with van der Waals surface area (Å²) in [6.45, 7) is 1.78. The van der Waals surface area contributed by atoms with Gasteiger partial charge in [-0.2, -0.15) is 5.10 Å². The van der Waals surface area contributed by atoms with Gasteiger partial charge in [0.1, 0.15) is 24.3 Å². The first-order valence-electron chi connectivity index (χ1n) is 8.61. The molecule has 0 aliphatic carbocycles. The van der Waals surface area contributed by atoms with Crippen molar-refractivity contribution in [3.8, 4) is 0 Å². The van der Waals surface area contributed by atoms with Crippen LogP contribution in [-0.2, 0) is 23.1 Å². The molecule has 0 bridgehead atoms. The van der Waals surface area contributed by atoms with E-state index in [9.17, 15) is 4.79 Å². The summed E-state index contributed by atoms with van der Waals surface area (Å²) in [5.74, 6) is 2.10. The van der Waals surface area contributed by atoms with Gasteiger partial charge >= 0.3 is 0 Å². The van der Waals surface area contributed by atoms with Crippen LogP contribution in [0.15, 0.2) is 24.7 Å². The van der Waals surface area contributed by atoms with E-state index in [4.69, 9.17) is 4.74 Å². The predicted octanol–water partition coefficient (Wildman–Crippen LogP) is 1.28. The minimum absolute atomic E-state index is 0.00125. The third kappa shape index (κ3) is 4.19. The van der Waals surface area contributed by atoms with E-state index >= 15 is 0 Å². The van der Waals surface area contributed by atoms with Crippen molar-refractivity contribution in [1.82, 2.24) is 24.2 Å². The molecular formula is C17H26N6O2. The standard InChI is InChI=1S/C17H26N6O2/c1-21(2)15(24)12-23-8-6-14(20-23)19-11-13-5-4-10-25-16(13)17-18-7-9-22(17)3/h6-9,13,16H,4-5,10-12H2,1-3H3,(H,19,20)/t13-,16+/m0/s1. The average Bonchev–Trinajstić information content (AvgIpc) is 3.22. The Morgan fingerprint density at radius 3 is 3.00 bits per heavy atom. The van der Waals surface area contributed by atoms with Gasteiger partial charge in [-0.25, -0.2) is 4.98 Å². The second-order valence-electron chi connectivity index (χ2n) is 6.66. The highest BCUT2D eigenvalue weighted by Gasteiger charge is 2.30. The number of hydrogen-bond acceptors (Lipinski definition) is 5. The molecule has 3 heterocycles. The highest BCUT2D eigenvalue weighted by atomic mass is 16.5. The number of anilines is 1. The number of likely N-dealkylation sites (N-methyl/N-ethyl adjacent to an activating group) is 1. The van der Waals surface area contributed by atoms with Crippen LogP contribution >= 0.6 is 0 Å². The molecular weight excluding hydrogens is 320 g/mol. The van der Waals surface area contributed by atoms with Gasteiger partial charge in [-0.1, -0.05) is 0 Å². The Morgan fingerprint density at radius 1 is 1.44 bits per heavy atom. The zero-order chi connectivity index (χ0) is 17.8. The summed E-state index contributed by atoms with van der Waals surface area (Å²) < 4.78 is 9.66. The van der Waals surface area contributed by atoms with Gasteiger partial charge in [0.25, 0.3) is 0 Å². The van der Waals surface area contributed by atoms with Gasteiger partial charge in [-0.15, -0.1) is 0 Å². The van der Waals surface area contributed by atoms with Gasteiger partial charge < -0.3 is 19.5 Å². The Balaban J connectivity index is 1.59. The predicted molar refractivity (Wildman–Crippen MR) is 94.0 cm³/mol. The molecule has 0 saturated carbocycles.